The van der Waals surface area contributed by atoms with Crippen LogP contribution in [-0.2, 0) is 18.7 Å². The van der Waals surface area contributed by atoms with E-state index in [1.807, 2.05) is 0 Å². The third-order valence-electron chi connectivity index (χ3n) is 2.14. The van der Waals surface area contributed by atoms with E-state index < -0.39 is 39.2 Å². The number of aliphatic hydroxyl groups excluding tert-OH is 1. The van der Waals surface area contributed by atoms with Crippen molar-refractivity contribution in [3.63, 3.8) is 0 Å². The van der Waals surface area contributed by atoms with Gasteiger partial charge in [0.15, 0.2) is 0 Å². The lowest BCUT2D eigenvalue weighted by Gasteiger charge is -2.29. The molecule has 0 aromatic carbocycles. The first-order valence-electron chi connectivity index (χ1n) is 4.29. The van der Waals surface area contributed by atoms with Crippen molar-refractivity contribution in [2.24, 2.45) is 0 Å². The number of aliphatic hydroxyl groups is 1. The van der Waals surface area contributed by atoms with Gasteiger partial charge < -0.3 is 34.2 Å². The van der Waals surface area contributed by atoms with Crippen LogP contribution < -0.4 is 0 Å². The van der Waals surface area contributed by atoms with Gasteiger partial charge in [-0.3, -0.25) is 9.13 Å². The van der Waals surface area contributed by atoms with Crippen molar-refractivity contribution in [2.45, 2.75) is 17.4 Å². The van der Waals surface area contributed by atoms with Crippen molar-refractivity contribution in [2.75, 3.05) is 13.7 Å². The molecule has 0 bridgehead atoms. The van der Waals surface area contributed by atoms with Crippen LogP contribution in [0.4, 0.5) is 0 Å². The van der Waals surface area contributed by atoms with Crippen LogP contribution in [0.1, 0.15) is 0 Å². The second kappa shape index (κ2) is 6.17. The summed E-state index contributed by atoms with van der Waals surface area (Å²) in [5.74, 6) is 0. The van der Waals surface area contributed by atoms with Crippen LogP contribution >= 0.6 is 15.2 Å². The SMILES string of the molecule is CO[C@@H](C=O)[C@@H]([C@@H](CO)P(=O)(O)O)P(=O)(O)O. The van der Waals surface area contributed by atoms with Crippen LogP contribution in [0.2, 0.25) is 0 Å². The summed E-state index contributed by atoms with van der Waals surface area (Å²) in [6.45, 7) is -1.19. The fourth-order valence-corrected chi connectivity index (χ4v) is 4.26. The zero-order valence-electron chi connectivity index (χ0n) is 8.78. The molecule has 0 unspecified atom stereocenters. The fourth-order valence-electron chi connectivity index (χ4n) is 1.32. The molecule has 0 saturated heterocycles. The van der Waals surface area contributed by atoms with Gasteiger partial charge in [0.1, 0.15) is 23.7 Å². The van der Waals surface area contributed by atoms with Crippen molar-refractivity contribution in [3.05, 3.63) is 0 Å². The zero-order valence-corrected chi connectivity index (χ0v) is 10.6. The van der Waals surface area contributed by atoms with Gasteiger partial charge in [0.05, 0.1) is 6.61 Å². The van der Waals surface area contributed by atoms with Crippen LogP contribution in [0.25, 0.3) is 0 Å². The van der Waals surface area contributed by atoms with E-state index in [1.165, 1.54) is 0 Å². The molecule has 102 valence electrons. The molecule has 0 aromatic heterocycles. The van der Waals surface area contributed by atoms with Gasteiger partial charge in [-0.2, -0.15) is 0 Å². The molecule has 0 heterocycles. The lowest BCUT2D eigenvalue weighted by Crippen LogP contribution is -2.41. The molecule has 0 saturated carbocycles. The minimum absolute atomic E-state index is 0.0159. The predicted octanol–water partition coefficient (Wildman–Crippen LogP) is -1.71. The summed E-state index contributed by atoms with van der Waals surface area (Å²) in [4.78, 5) is 46.3. The molecule has 0 radical (unpaired) electrons. The normalized spacial score (nSPS) is 18.5. The summed E-state index contributed by atoms with van der Waals surface area (Å²) in [5.41, 5.74) is -4.17. The average molecular weight is 292 g/mol. The first-order chi connectivity index (χ1) is 7.59. The van der Waals surface area contributed by atoms with E-state index in [-0.39, 0.29) is 6.29 Å². The Bertz CT molecular complexity index is 343. The molecule has 0 spiro atoms. The predicted molar refractivity (Wildman–Crippen MR) is 55.6 cm³/mol. The van der Waals surface area contributed by atoms with E-state index in [0.29, 0.717) is 0 Å². The molecular weight excluding hydrogens is 278 g/mol. The molecule has 0 aliphatic carbocycles. The molecule has 0 fully saturated rings. The van der Waals surface area contributed by atoms with Crippen LogP contribution in [0.3, 0.4) is 0 Å². The number of hydrogen-bond acceptors (Lipinski definition) is 5. The molecular formula is C6H14O9P2. The van der Waals surface area contributed by atoms with Gasteiger partial charge in [-0.1, -0.05) is 0 Å². The second-order valence-electron chi connectivity index (χ2n) is 3.26. The van der Waals surface area contributed by atoms with Crippen molar-refractivity contribution in [1.29, 1.82) is 0 Å². The third-order valence-corrected chi connectivity index (χ3v) is 5.16. The summed E-state index contributed by atoms with van der Waals surface area (Å²) < 4.78 is 26.6. The maximum Gasteiger partial charge on any atom is 0.332 e. The Hall–Kier alpha value is -0.110. The summed E-state index contributed by atoms with van der Waals surface area (Å²) in [7, 11) is -9.08. The Morgan fingerprint density at radius 3 is 1.82 bits per heavy atom. The van der Waals surface area contributed by atoms with Gasteiger partial charge in [0.2, 0.25) is 0 Å². The summed E-state index contributed by atoms with van der Waals surface area (Å²) in [5, 5.41) is 8.83. The van der Waals surface area contributed by atoms with Gasteiger partial charge in [0, 0.05) is 7.11 Å². The van der Waals surface area contributed by atoms with E-state index in [1.54, 1.807) is 0 Å². The van der Waals surface area contributed by atoms with E-state index >= 15 is 0 Å². The Morgan fingerprint density at radius 2 is 1.65 bits per heavy atom. The molecule has 5 N–H and O–H groups in total. The largest absolute Gasteiger partial charge is 0.395 e. The van der Waals surface area contributed by atoms with Gasteiger partial charge in [-0.25, -0.2) is 0 Å². The minimum atomic E-state index is -5.04. The standard InChI is InChI=1S/C6H14O9P2/c1-15-4(2-7)6(17(12,13)14)5(3-8)16(9,10)11/h2,4-6,8H,3H2,1H3,(H2,9,10,11)(H2,12,13,14)/t4-,5+,6-/m0/s1. The fraction of sp³-hybridized carbons (Fsp3) is 0.833. The number of carbonyl (C=O) groups excluding carboxylic acids is 1. The Morgan fingerprint density at radius 1 is 1.18 bits per heavy atom. The van der Waals surface area contributed by atoms with E-state index in [4.69, 9.17) is 24.7 Å². The van der Waals surface area contributed by atoms with Gasteiger partial charge in [0.25, 0.3) is 0 Å². The highest BCUT2D eigenvalue weighted by molar-refractivity contribution is 7.57. The monoisotopic (exact) mass is 292 g/mol. The quantitative estimate of drug-likeness (QED) is 0.271. The van der Waals surface area contributed by atoms with E-state index in [2.05, 4.69) is 4.74 Å². The van der Waals surface area contributed by atoms with Gasteiger partial charge >= 0.3 is 15.2 Å². The lowest BCUT2D eigenvalue weighted by atomic mass is 10.2. The van der Waals surface area contributed by atoms with Gasteiger partial charge in [-0.15, -0.1) is 0 Å². The third kappa shape index (κ3) is 4.57. The molecule has 0 amide bonds. The topological polar surface area (TPSA) is 162 Å². The Balaban J connectivity index is 5.53. The van der Waals surface area contributed by atoms with Crippen LogP contribution in [0.15, 0.2) is 0 Å². The minimum Gasteiger partial charge on any atom is -0.395 e. The van der Waals surface area contributed by atoms with Crippen molar-refractivity contribution in [1.82, 2.24) is 0 Å². The van der Waals surface area contributed by atoms with Crippen LogP contribution in [0, 0.1) is 0 Å². The van der Waals surface area contributed by atoms with Gasteiger partial charge in [-0.05, 0) is 0 Å². The Labute approximate surface area is 96.7 Å². The van der Waals surface area contributed by atoms with Crippen molar-refractivity contribution < 1.29 is 43.3 Å². The smallest absolute Gasteiger partial charge is 0.332 e. The maximum absolute atomic E-state index is 11.1. The first kappa shape index (κ1) is 16.9. The van der Waals surface area contributed by atoms with E-state index in [0.717, 1.165) is 7.11 Å². The Kier molecular flexibility index (Phi) is 6.13. The molecule has 9 nitrogen and oxygen atoms in total. The summed E-state index contributed by atoms with van der Waals surface area (Å²) >= 11 is 0. The molecule has 0 aliphatic rings. The zero-order chi connectivity index (χ0) is 13.9. The average Bonchev–Trinajstić information content (AvgIpc) is 2.14. The number of hydrogen-bond donors (Lipinski definition) is 5. The number of aldehydes is 1. The van der Waals surface area contributed by atoms with E-state index in [9.17, 15) is 13.9 Å². The maximum atomic E-state index is 11.1. The molecule has 17 heavy (non-hydrogen) atoms. The van der Waals surface area contributed by atoms with Crippen molar-refractivity contribution in [3.8, 4) is 0 Å². The van der Waals surface area contributed by atoms with Crippen LogP contribution in [0.5, 0.6) is 0 Å². The number of rotatable bonds is 7. The van der Waals surface area contributed by atoms with Crippen molar-refractivity contribution >= 4 is 21.5 Å². The second-order valence-corrected chi connectivity index (χ2v) is 6.87. The van der Waals surface area contributed by atoms with Crippen LogP contribution in [-0.4, -0.2) is 62.1 Å². The first-order valence-corrected chi connectivity index (χ1v) is 7.65. The lowest BCUT2D eigenvalue weighted by molar-refractivity contribution is -0.116. The highest BCUT2D eigenvalue weighted by atomic mass is 31.2. The highest BCUT2D eigenvalue weighted by Gasteiger charge is 2.49. The highest BCUT2D eigenvalue weighted by Crippen LogP contribution is 2.55. The summed E-state index contributed by atoms with van der Waals surface area (Å²) in [6.07, 6.45) is -1.71. The number of carbonyl (C=O) groups is 1. The molecule has 0 aliphatic heterocycles. The molecule has 0 rings (SSSR count). The number of ether oxygens (including phenoxy) is 1. The molecule has 0 aromatic rings. The molecule has 3 atom stereocenters. The summed E-state index contributed by atoms with van der Waals surface area (Å²) in [6, 6.07) is 0. The molecule has 11 heteroatoms. The number of methoxy groups -OCH3 is 1.